The Morgan fingerprint density at radius 2 is 2.35 bits per heavy atom. The summed E-state index contributed by atoms with van der Waals surface area (Å²) in [6, 6.07) is 2.68. The van der Waals surface area contributed by atoms with Gasteiger partial charge < -0.3 is 19.7 Å². The molecule has 0 radical (unpaired) electrons. The van der Waals surface area contributed by atoms with Crippen LogP contribution in [-0.4, -0.2) is 56.9 Å². The van der Waals surface area contributed by atoms with Crippen LogP contribution in [0.1, 0.15) is 37.3 Å². The van der Waals surface area contributed by atoms with Gasteiger partial charge in [0.15, 0.2) is 5.96 Å². The summed E-state index contributed by atoms with van der Waals surface area (Å²) < 4.78 is 11.3. The van der Waals surface area contributed by atoms with Gasteiger partial charge in [-0.1, -0.05) is 0 Å². The van der Waals surface area contributed by atoms with Crippen molar-refractivity contribution in [2.24, 2.45) is 4.99 Å². The maximum Gasteiger partial charge on any atom is 0.194 e. The van der Waals surface area contributed by atoms with Gasteiger partial charge in [0.05, 0.1) is 11.6 Å². The zero-order valence-corrected chi connectivity index (χ0v) is 14.9. The van der Waals surface area contributed by atoms with Crippen LogP contribution in [0.2, 0.25) is 0 Å². The third-order valence-electron chi connectivity index (χ3n) is 5.07. The minimum atomic E-state index is -0.133. The van der Waals surface area contributed by atoms with E-state index in [1.807, 2.05) is 7.05 Å². The molecule has 1 aromatic rings. The summed E-state index contributed by atoms with van der Waals surface area (Å²) in [5.41, 5.74) is 1.27. The van der Waals surface area contributed by atoms with Crippen LogP contribution >= 0.6 is 11.3 Å². The number of methoxy groups -OCH3 is 1. The average Bonchev–Trinajstić information content (AvgIpc) is 3.27. The van der Waals surface area contributed by atoms with Gasteiger partial charge in [-0.3, -0.25) is 4.99 Å². The number of guanidine groups is 1. The van der Waals surface area contributed by atoms with Crippen LogP contribution in [0.15, 0.2) is 21.8 Å². The zero-order chi connectivity index (χ0) is 16.1. The maximum atomic E-state index is 5.82. The van der Waals surface area contributed by atoms with Crippen molar-refractivity contribution < 1.29 is 9.47 Å². The summed E-state index contributed by atoms with van der Waals surface area (Å²) in [6.45, 7) is 3.39. The zero-order valence-electron chi connectivity index (χ0n) is 14.1. The fourth-order valence-corrected chi connectivity index (χ4v) is 4.28. The van der Waals surface area contributed by atoms with Gasteiger partial charge in [-0.15, -0.1) is 0 Å². The van der Waals surface area contributed by atoms with Crippen molar-refractivity contribution >= 4 is 17.3 Å². The summed E-state index contributed by atoms with van der Waals surface area (Å²) in [5.74, 6) is 0.988. The molecule has 3 rings (SSSR count). The normalized spacial score (nSPS) is 24.9. The van der Waals surface area contributed by atoms with Gasteiger partial charge in [-0.25, -0.2) is 0 Å². The van der Waals surface area contributed by atoms with E-state index in [1.165, 1.54) is 18.4 Å². The first-order valence-electron chi connectivity index (χ1n) is 8.40. The van der Waals surface area contributed by atoms with Crippen molar-refractivity contribution in [1.82, 2.24) is 10.2 Å². The second kappa shape index (κ2) is 7.64. The number of thiophene rings is 1. The van der Waals surface area contributed by atoms with Gasteiger partial charge in [0, 0.05) is 53.3 Å². The van der Waals surface area contributed by atoms with Crippen LogP contribution in [0.5, 0.6) is 0 Å². The number of likely N-dealkylation sites (tertiary alicyclic amines) is 1. The molecular weight excluding hydrogens is 310 g/mol. The number of hydrogen-bond donors (Lipinski definition) is 1. The Kier molecular flexibility index (Phi) is 5.56. The molecule has 0 saturated carbocycles. The van der Waals surface area contributed by atoms with Crippen LogP contribution in [0.3, 0.4) is 0 Å². The molecule has 5 nitrogen and oxygen atoms in total. The lowest BCUT2D eigenvalue weighted by molar-refractivity contribution is -0.0857. The van der Waals surface area contributed by atoms with Crippen LogP contribution in [0.25, 0.3) is 0 Å². The first kappa shape index (κ1) is 16.7. The Morgan fingerprint density at radius 1 is 1.52 bits per heavy atom. The SMILES string of the molecule is CN=C(NCC1(OC)CCOCC1)N1CCCC1c1ccsc1. The largest absolute Gasteiger partial charge is 0.381 e. The van der Waals surface area contributed by atoms with Crippen molar-refractivity contribution in [3.05, 3.63) is 22.4 Å². The molecule has 1 N–H and O–H groups in total. The van der Waals surface area contributed by atoms with Crippen molar-refractivity contribution in [3.63, 3.8) is 0 Å². The number of nitrogens with one attached hydrogen (secondary N) is 1. The van der Waals surface area contributed by atoms with Gasteiger partial charge in [0.2, 0.25) is 0 Å². The van der Waals surface area contributed by atoms with E-state index < -0.39 is 0 Å². The highest BCUT2D eigenvalue weighted by atomic mass is 32.1. The van der Waals surface area contributed by atoms with Crippen molar-refractivity contribution in [1.29, 1.82) is 0 Å². The minimum Gasteiger partial charge on any atom is -0.381 e. The van der Waals surface area contributed by atoms with E-state index in [4.69, 9.17) is 9.47 Å². The molecule has 6 heteroatoms. The Bertz CT molecular complexity index is 512. The smallest absolute Gasteiger partial charge is 0.194 e. The lowest BCUT2D eigenvalue weighted by Gasteiger charge is -2.37. The molecule has 1 unspecified atom stereocenters. The molecule has 23 heavy (non-hydrogen) atoms. The molecule has 0 aliphatic carbocycles. The van der Waals surface area contributed by atoms with E-state index in [0.717, 1.165) is 45.1 Å². The molecule has 2 saturated heterocycles. The summed E-state index contributed by atoms with van der Waals surface area (Å²) in [6.07, 6.45) is 4.27. The lowest BCUT2D eigenvalue weighted by atomic mass is 9.94. The van der Waals surface area contributed by atoms with Gasteiger partial charge in [0.1, 0.15) is 0 Å². The third kappa shape index (κ3) is 3.70. The molecule has 2 aliphatic rings. The average molecular weight is 337 g/mol. The molecule has 1 atom stereocenters. The van der Waals surface area contributed by atoms with Gasteiger partial charge >= 0.3 is 0 Å². The monoisotopic (exact) mass is 337 g/mol. The standard InChI is InChI=1S/C17H27N3O2S/c1-18-16(19-13-17(21-2)6-9-22-10-7-17)20-8-3-4-15(20)14-5-11-23-12-14/h5,11-12,15H,3-4,6-10,13H2,1-2H3,(H,18,19). The third-order valence-corrected chi connectivity index (χ3v) is 5.77. The van der Waals surface area contributed by atoms with E-state index in [2.05, 4.69) is 32.0 Å². The van der Waals surface area contributed by atoms with Crippen LogP contribution in [0.4, 0.5) is 0 Å². The topological polar surface area (TPSA) is 46.1 Å². The molecule has 3 heterocycles. The molecule has 0 spiro atoms. The Hall–Kier alpha value is -1.11. The summed E-state index contributed by atoms with van der Waals surface area (Å²) in [4.78, 5) is 6.94. The van der Waals surface area contributed by atoms with Crippen LogP contribution in [0, 0.1) is 0 Å². The van der Waals surface area contributed by atoms with Crippen molar-refractivity contribution in [2.45, 2.75) is 37.3 Å². The molecule has 1 aromatic heterocycles. The minimum absolute atomic E-state index is 0.133. The quantitative estimate of drug-likeness (QED) is 0.678. The first-order chi connectivity index (χ1) is 11.3. The summed E-state index contributed by atoms with van der Waals surface area (Å²) >= 11 is 1.77. The molecular formula is C17H27N3O2S. The van der Waals surface area contributed by atoms with Gasteiger partial charge in [-0.05, 0) is 35.2 Å². The van der Waals surface area contributed by atoms with E-state index in [9.17, 15) is 0 Å². The van der Waals surface area contributed by atoms with Crippen molar-refractivity contribution in [3.8, 4) is 0 Å². The lowest BCUT2D eigenvalue weighted by Crippen LogP contribution is -2.51. The molecule has 0 aromatic carbocycles. The number of rotatable bonds is 4. The molecule has 2 aliphatic heterocycles. The number of ether oxygens (including phenoxy) is 2. The highest BCUT2D eigenvalue weighted by Crippen LogP contribution is 2.33. The Morgan fingerprint density at radius 3 is 3.00 bits per heavy atom. The van der Waals surface area contributed by atoms with Crippen LogP contribution in [-0.2, 0) is 9.47 Å². The van der Waals surface area contributed by atoms with Gasteiger partial charge in [-0.2, -0.15) is 11.3 Å². The Labute approximate surface area is 142 Å². The molecule has 0 bridgehead atoms. The molecule has 0 amide bonds. The summed E-state index contributed by atoms with van der Waals surface area (Å²) in [5, 5.41) is 7.98. The van der Waals surface area contributed by atoms with Crippen LogP contribution < -0.4 is 5.32 Å². The Balaban J connectivity index is 1.65. The maximum absolute atomic E-state index is 5.82. The molecule has 128 valence electrons. The van der Waals surface area contributed by atoms with E-state index in [-0.39, 0.29) is 5.60 Å². The fourth-order valence-electron chi connectivity index (χ4n) is 3.58. The van der Waals surface area contributed by atoms with E-state index >= 15 is 0 Å². The van der Waals surface area contributed by atoms with Crippen molar-refractivity contribution in [2.75, 3.05) is 40.5 Å². The van der Waals surface area contributed by atoms with E-state index in [0.29, 0.717) is 6.04 Å². The van der Waals surface area contributed by atoms with Gasteiger partial charge in [0.25, 0.3) is 0 Å². The van der Waals surface area contributed by atoms with E-state index in [1.54, 1.807) is 18.4 Å². The highest BCUT2D eigenvalue weighted by Gasteiger charge is 2.34. The number of nitrogens with zero attached hydrogens (tertiary/aromatic N) is 2. The summed E-state index contributed by atoms with van der Waals surface area (Å²) in [7, 11) is 3.68. The predicted molar refractivity (Wildman–Crippen MR) is 94.2 cm³/mol. The predicted octanol–water partition coefficient (Wildman–Crippen LogP) is 2.66. The second-order valence-electron chi connectivity index (χ2n) is 6.31. The molecule has 2 fully saturated rings. The first-order valence-corrected chi connectivity index (χ1v) is 9.34. The second-order valence-corrected chi connectivity index (χ2v) is 7.09. The number of aliphatic imine (C=N–C) groups is 1. The highest BCUT2D eigenvalue weighted by molar-refractivity contribution is 7.07. The fraction of sp³-hybridized carbons (Fsp3) is 0.706. The number of hydrogen-bond acceptors (Lipinski definition) is 4.